The number of aromatic nitrogens is 1. The topological polar surface area (TPSA) is 54.3 Å². The van der Waals surface area contributed by atoms with E-state index >= 15 is 0 Å². The summed E-state index contributed by atoms with van der Waals surface area (Å²) in [6, 6.07) is 17.4. The molecule has 1 fully saturated rings. The lowest BCUT2D eigenvalue weighted by Crippen LogP contribution is -2.30. The average molecular weight is 385 g/mol. The van der Waals surface area contributed by atoms with E-state index in [1.54, 1.807) is 6.08 Å². The molecule has 2 aromatic carbocycles. The summed E-state index contributed by atoms with van der Waals surface area (Å²) in [4.78, 5) is 26.5. The van der Waals surface area contributed by atoms with Gasteiger partial charge in [-0.3, -0.25) is 9.69 Å². The number of carbonyl (C=O) groups is 2. The maximum absolute atomic E-state index is 12.8. The molecule has 5 heteroatoms. The minimum atomic E-state index is -0.397. The molecule has 0 radical (unpaired) electrons. The van der Waals surface area contributed by atoms with Crippen molar-refractivity contribution in [2.45, 2.75) is 27.3 Å². The molecule has 3 amide bonds. The van der Waals surface area contributed by atoms with Crippen LogP contribution >= 0.6 is 0 Å². The molecule has 0 saturated carbocycles. The number of hydrogen-bond donors (Lipinski definition) is 1. The summed E-state index contributed by atoms with van der Waals surface area (Å²) in [5.41, 5.74) is 6.59. The van der Waals surface area contributed by atoms with Gasteiger partial charge in [-0.25, -0.2) is 4.79 Å². The van der Waals surface area contributed by atoms with E-state index in [4.69, 9.17) is 0 Å². The number of hydrogen-bond acceptors (Lipinski definition) is 2. The third-order valence-corrected chi connectivity index (χ3v) is 5.33. The van der Waals surface area contributed by atoms with Crippen molar-refractivity contribution in [3.8, 4) is 5.69 Å². The molecule has 0 bridgehead atoms. The fourth-order valence-electron chi connectivity index (χ4n) is 3.47. The lowest BCUT2D eigenvalue weighted by atomic mass is 10.1. The maximum atomic E-state index is 12.8. The van der Waals surface area contributed by atoms with Gasteiger partial charge in [0.15, 0.2) is 0 Å². The molecule has 0 spiro atoms. The smallest absolute Gasteiger partial charge is 0.317 e. The zero-order valence-corrected chi connectivity index (χ0v) is 16.8. The van der Waals surface area contributed by atoms with Gasteiger partial charge in [-0.2, -0.15) is 0 Å². The summed E-state index contributed by atoms with van der Waals surface area (Å²) in [7, 11) is 0. The quantitative estimate of drug-likeness (QED) is 0.531. The highest BCUT2D eigenvalue weighted by atomic mass is 16.2. The Morgan fingerprint density at radius 2 is 1.69 bits per heavy atom. The van der Waals surface area contributed by atoms with Gasteiger partial charge in [0.1, 0.15) is 5.70 Å². The van der Waals surface area contributed by atoms with Crippen molar-refractivity contribution in [2.24, 2.45) is 0 Å². The zero-order valence-electron chi connectivity index (χ0n) is 16.8. The van der Waals surface area contributed by atoms with Gasteiger partial charge in [-0.15, -0.1) is 0 Å². The van der Waals surface area contributed by atoms with Gasteiger partial charge >= 0.3 is 6.03 Å². The molecule has 2 heterocycles. The number of nitrogens with one attached hydrogen (secondary N) is 1. The first-order valence-electron chi connectivity index (χ1n) is 9.58. The third-order valence-electron chi connectivity index (χ3n) is 5.33. The molecule has 146 valence electrons. The molecule has 3 aromatic rings. The van der Waals surface area contributed by atoms with E-state index in [-0.39, 0.29) is 18.1 Å². The largest absolute Gasteiger partial charge is 0.329 e. The summed E-state index contributed by atoms with van der Waals surface area (Å²) in [6.45, 7) is 6.40. The fraction of sp³-hybridized carbons (Fsp3) is 0.167. The van der Waals surface area contributed by atoms with Gasteiger partial charge in [0, 0.05) is 17.6 Å². The monoisotopic (exact) mass is 385 g/mol. The molecule has 1 aliphatic rings. The number of nitrogens with zero attached hydrogens (tertiary/aromatic N) is 2. The summed E-state index contributed by atoms with van der Waals surface area (Å²) < 4.78 is 2.03. The van der Waals surface area contributed by atoms with Crippen LogP contribution in [-0.4, -0.2) is 21.4 Å². The molecule has 1 aromatic heterocycles. The molecule has 1 aliphatic heterocycles. The van der Waals surface area contributed by atoms with Crippen LogP contribution in [-0.2, 0) is 11.3 Å². The predicted octanol–water partition coefficient (Wildman–Crippen LogP) is 4.50. The van der Waals surface area contributed by atoms with Gasteiger partial charge in [0.2, 0.25) is 0 Å². The van der Waals surface area contributed by atoms with Gasteiger partial charge in [0.25, 0.3) is 5.91 Å². The minimum absolute atomic E-state index is 0.250. The number of rotatable bonds is 4. The highest BCUT2D eigenvalue weighted by molar-refractivity contribution is 6.13. The second kappa shape index (κ2) is 7.43. The Morgan fingerprint density at radius 1 is 0.931 bits per heavy atom. The van der Waals surface area contributed by atoms with Crippen LogP contribution in [0.4, 0.5) is 4.79 Å². The molecule has 0 atom stereocenters. The van der Waals surface area contributed by atoms with Crippen LogP contribution in [0, 0.1) is 20.8 Å². The van der Waals surface area contributed by atoms with E-state index in [0.717, 1.165) is 22.5 Å². The van der Waals surface area contributed by atoms with Crippen LogP contribution in [0.5, 0.6) is 0 Å². The Morgan fingerprint density at radius 3 is 2.45 bits per heavy atom. The molecule has 1 saturated heterocycles. The van der Waals surface area contributed by atoms with E-state index in [1.807, 2.05) is 66.2 Å². The number of imide groups is 1. The van der Waals surface area contributed by atoms with E-state index < -0.39 is 6.03 Å². The van der Waals surface area contributed by atoms with Crippen molar-refractivity contribution in [2.75, 3.05) is 0 Å². The number of urea groups is 1. The lowest BCUT2D eigenvalue weighted by Gasteiger charge is -2.13. The van der Waals surface area contributed by atoms with Crippen LogP contribution in [0.25, 0.3) is 11.8 Å². The number of benzene rings is 2. The van der Waals surface area contributed by atoms with Crippen molar-refractivity contribution in [1.29, 1.82) is 0 Å². The van der Waals surface area contributed by atoms with Crippen molar-refractivity contribution < 1.29 is 9.59 Å². The maximum Gasteiger partial charge on any atom is 0.329 e. The predicted molar refractivity (Wildman–Crippen MR) is 113 cm³/mol. The molecular formula is C24H23N3O2. The van der Waals surface area contributed by atoms with Gasteiger partial charge in [-0.1, -0.05) is 42.0 Å². The van der Waals surface area contributed by atoms with Crippen molar-refractivity contribution >= 4 is 18.0 Å². The van der Waals surface area contributed by atoms with Crippen molar-refractivity contribution in [1.82, 2.24) is 14.8 Å². The first-order valence-corrected chi connectivity index (χ1v) is 9.58. The summed E-state index contributed by atoms with van der Waals surface area (Å²) in [6.07, 6.45) is 3.69. The summed E-state index contributed by atoms with van der Waals surface area (Å²) in [5, 5.41) is 2.71. The van der Waals surface area contributed by atoms with E-state index in [9.17, 15) is 9.59 Å². The highest BCUT2D eigenvalue weighted by Crippen LogP contribution is 2.23. The van der Waals surface area contributed by atoms with Crippen molar-refractivity contribution in [3.63, 3.8) is 0 Å². The number of aryl methyl sites for hydroxylation is 2. The van der Waals surface area contributed by atoms with Gasteiger partial charge in [0.05, 0.1) is 6.54 Å². The second-order valence-electron chi connectivity index (χ2n) is 7.39. The van der Waals surface area contributed by atoms with Gasteiger partial charge in [-0.05, 0) is 61.7 Å². The molecule has 1 N–H and O–H groups in total. The Bertz CT molecular complexity index is 1120. The molecule has 0 unspecified atom stereocenters. The molecular weight excluding hydrogens is 362 g/mol. The fourth-order valence-corrected chi connectivity index (χ4v) is 3.47. The molecule has 0 aliphatic carbocycles. The van der Waals surface area contributed by atoms with E-state index in [0.29, 0.717) is 0 Å². The highest BCUT2D eigenvalue weighted by Gasteiger charge is 2.33. The van der Waals surface area contributed by atoms with Crippen LogP contribution < -0.4 is 5.32 Å². The summed E-state index contributed by atoms with van der Waals surface area (Å²) >= 11 is 0. The standard InChI is InChI=1S/C24H23N3O2/c1-16-9-11-19(12-10-16)15-27-23(28)21(25-24(27)29)14-20-7-5-13-26(20)22-8-4-6-17(2)18(22)3/h4-14H,15H2,1-3H3,(H,25,29)/b21-14+. The third kappa shape index (κ3) is 3.59. The van der Waals surface area contributed by atoms with Gasteiger partial charge < -0.3 is 9.88 Å². The van der Waals surface area contributed by atoms with Crippen LogP contribution in [0.2, 0.25) is 0 Å². The average Bonchev–Trinajstić information content (AvgIpc) is 3.26. The first kappa shape index (κ1) is 18.7. The van der Waals surface area contributed by atoms with E-state index in [1.165, 1.54) is 16.0 Å². The molecule has 29 heavy (non-hydrogen) atoms. The Labute approximate surface area is 170 Å². The normalized spacial score (nSPS) is 15.3. The summed E-state index contributed by atoms with van der Waals surface area (Å²) in [5.74, 6) is -0.315. The second-order valence-corrected chi connectivity index (χ2v) is 7.39. The molecule has 4 rings (SSSR count). The Kier molecular flexibility index (Phi) is 4.80. The van der Waals surface area contributed by atoms with Crippen LogP contribution in [0.1, 0.15) is 27.9 Å². The molecule has 5 nitrogen and oxygen atoms in total. The Balaban J connectivity index is 1.62. The van der Waals surface area contributed by atoms with E-state index in [2.05, 4.69) is 25.2 Å². The zero-order chi connectivity index (χ0) is 20.5. The van der Waals surface area contributed by atoms with Crippen molar-refractivity contribution in [3.05, 3.63) is 94.4 Å². The van der Waals surface area contributed by atoms with Crippen LogP contribution in [0.3, 0.4) is 0 Å². The Hall–Kier alpha value is -3.60. The van der Waals surface area contributed by atoms with Crippen LogP contribution in [0.15, 0.2) is 66.5 Å². The number of carbonyl (C=O) groups excluding carboxylic acids is 2. The SMILES string of the molecule is Cc1ccc(CN2C(=O)N/C(=C/c3cccn3-c3cccc(C)c3C)C2=O)cc1. The lowest BCUT2D eigenvalue weighted by molar-refractivity contribution is -0.123. The number of amides is 3. The minimum Gasteiger partial charge on any atom is -0.317 e. The first-order chi connectivity index (χ1) is 13.9.